The van der Waals surface area contributed by atoms with E-state index < -0.39 is 10.0 Å². The Morgan fingerprint density at radius 3 is 2.57 bits per heavy atom. The lowest BCUT2D eigenvalue weighted by atomic mass is 9.87. The van der Waals surface area contributed by atoms with E-state index in [1.807, 2.05) is 0 Å². The van der Waals surface area contributed by atoms with Crippen LogP contribution in [0.2, 0.25) is 0 Å². The lowest BCUT2D eigenvalue weighted by molar-refractivity contribution is 0.0963. The quantitative estimate of drug-likeness (QED) is 0.857. The molecule has 23 heavy (non-hydrogen) atoms. The summed E-state index contributed by atoms with van der Waals surface area (Å²) in [6, 6.07) is 4.32. The predicted octanol–water partition coefficient (Wildman–Crippen LogP) is 1.91. The number of ether oxygens (including phenoxy) is 1. The van der Waals surface area contributed by atoms with E-state index in [2.05, 4.69) is 17.0 Å². The third kappa shape index (κ3) is 4.03. The fourth-order valence-corrected chi connectivity index (χ4v) is 4.50. The minimum atomic E-state index is -3.75. The van der Waals surface area contributed by atoms with Crippen molar-refractivity contribution in [2.75, 3.05) is 14.2 Å². The Balaban J connectivity index is 2.35. The van der Waals surface area contributed by atoms with E-state index in [0.717, 1.165) is 25.7 Å². The van der Waals surface area contributed by atoms with Crippen LogP contribution in [0.5, 0.6) is 5.75 Å². The maximum absolute atomic E-state index is 12.8. The topological polar surface area (TPSA) is 84.5 Å². The molecule has 2 rings (SSSR count). The van der Waals surface area contributed by atoms with E-state index in [4.69, 9.17) is 4.74 Å². The summed E-state index contributed by atoms with van der Waals surface area (Å²) in [7, 11) is -0.838. The fourth-order valence-electron chi connectivity index (χ4n) is 2.93. The van der Waals surface area contributed by atoms with Crippen molar-refractivity contribution >= 4 is 15.9 Å². The summed E-state index contributed by atoms with van der Waals surface area (Å²) < 4.78 is 33.5. The van der Waals surface area contributed by atoms with Gasteiger partial charge in [0.15, 0.2) is 0 Å². The zero-order valence-corrected chi connectivity index (χ0v) is 14.6. The van der Waals surface area contributed by atoms with E-state index in [1.54, 1.807) is 6.07 Å². The summed E-state index contributed by atoms with van der Waals surface area (Å²) >= 11 is 0. The minimum Gasteiger partial charge on any atom is -0.495 e. The van der Waals surface area contributed by atoms with Crippen molar-refractivity contribution in [3.8, 4) is 5.75 Å². The molecule has 1 saturated carbocycles. The summed E-state index contributed by atoms with van der Waals surface area (Å²) in [6.45, 7) is 2.06. The van der Waals surface area contributed by atoms with Crippen LogP contribution in [0.3, 0.4) is 0 Å². The number of nitrogens with one attached hydrogen (secondary N) is 2. The number of hydrogen-bond acceptors (Lipinski definition) is 4. The number of methoxy groups -OCH3 is 1. The Labute approximate surface area is 137 Å². The molecule has 0 saturated heterocycles. The Kier molecular flexibility index (Phi) is 5.64. The van der Waals surface area contributed by atoms with E-state index in [0.29, 0.717) is 5.92 Å². The number of benzene rings is 1. The molecule has 1 fully saturated rings. The molecule has 2 atom stereocenters. The molecule has 0 radical (unpaired) electrons. The lowest BCUT2D eigenvalue weighted by Gasteiger charge is -2.29. The maximum Gasteiger partial charge on any atom is 0.251 e. The average molecular weight is 340 g/mol. The second-order valence-electron chi connectivity index (χ2n) is 5.93. The van der Waals surface area contributed by atoms with Crippen LogP contribution >= 0.6 is 0 Å². The van der Waals surface area contributed by atoms with Gasteiger partial charge in [-0.05, 0) is 37.0 Å². The van der Waals surface area contributed by atoms with Crippen LogP contribution in [0.15, 0.2) is 23.1 Å². The molecule has 0 aromatic heterocycles. The normalized spacial score (nSPS) is 21.7. The Morgan fingerprint density at radius 2 is 1.96 bits per heavy atom. The van der Waals surface area contributed by atoms with Gasteiger partial charge in [0.1, 0.15) is 10.6 Å². The summed E-state index contributed by atoms with van der Waals surface area (Å²) in [5.74, 6) is 0.190. The predicted molar refractivity (Wildman–Crippen MR) is 88.1 cm³/mol. The van der Waals surface area contributed by atoms with Gasteiger partial charge in [0.05, 0.1) is 7.11 Å². The van der Waals surface area contributed by atoms with E-state index in [1.165, 1.54) is 26.3 Å². The number of rotatable bonds is 5. The largest absolute Gasteiger partial charge is 0.495 e. The number of amides is 1. The molecule has 128 valence electrons. The van der Waals surface area contributed by atoms with Gasteiger partial charge in [-0.15, -0.1) is 0 Å². The number of hydrogen-bond donors (Lipinski definition) is 2. The average Bonchev–Trinajstić information content (AvgIpc) is 2.55. The van der Waals surface area contributed by atoms with Crippen LogP contribution in [0.4, 0.5) is 0 Å². The highest BCUT2D eigenvalue weighted by molar-refractivity contribution is 7.89. The first-order valence-corrected chi connectivity index (χ1v) is 9.30. The molecular formula is C16H24N2O4S. The molecule has 1 aromatic rings. The molecule has 2 N–H and O–H groups in total. The van der Waals surface area contributed by atoms with Crippen LogP contribution in [-0.2, 0) is 10.0 Å². The van der Waals surface area contributed by atoms with E-state index >= 15 is 0 Å². The first-order valence-electron chi connectivity index (χ1n) is 7.81. The number of carbonyl (C=O) groups is 1. The van der Waals surface area contributed by atoms with Gasteiger partial charge in [-0.2, -0.15) is 0 Å². The van der Waals surface area contributed by atoms with Gasteiger partial charge in [-0.3, -0.25) is 4.79 Å². The van der Waals surface area contributed by atoms with Gasteiger partial charge in [0.25, 0.3) is 5.91 Å². The van der Waals surface area contributed by atoms with Crippen molar-refractivity contribution in [3.05, 3.63) is 23.8 Å². The number of carbonyl (C=O) groups excluding carboxylic acids is 1. The highest BCUT2D eigenvalue weighted by Gasteiger charge is 2.29. The monoisotopic (exact) mass is 340 g/mol. The zero-order chi connectivity index (χ0) is 17.0. The molecule has 1 aromatic carbocycles. The van der Waals surface area contributed by atoms with Gasteiger partial charge in [0, 0.05) is 18.7 Å². The van der Waals surface area contributed by atoms with Crippen LogP contribution in [0.25, 0.3) is 0 Å². The second kappa shape index (κ2) is 7.31. The van der Waals surface area contributed by atoms with Crippen LogP contribution < -0.4 is 14.8 Å². The first-order chi connectivity index (χ1) is 10.9. The van der Waals surface area contributed by atoms with E-state index in [-0.39, 0.29) is 28.2 Å². The molecule has 0 aliphatic heterocycles. The second-order valence-corrected chi connectivity index (χ2v) is 7.62. The smallest absolute Gasteiger partial charge is 0.251 e. The molecule has 1 amide bonds. The summed E-state index contributed by atoms with van der Waals surface area (Å²) in [4.78, 5) is 11.8. The lowest BCUT2D eigenvalue weighted by Crippen LogP contribution is -2.41. The standard InChI is InChI=1S/C16H24N2O4S/c1-11-6-4-5-7-13(11)18-23(20,21)15-10-12(16(19)17-2)8-9-14(15)22-3/h8-11,13,18H,4-7H2,1-3H3,(H,17,19)/t11-,13-/m0/s1. The van der Waals surface area contributed by atoms with Crippen molar-refractivity contribution in [2.24, 2.45) is 5.92 Å². The van der Waals surface area contributed by atoms with Crippen molar-refractivity contribution in [3.63, 3.8) is 0 Å². The molecule has 0 bridgehead atoms. The molecule has 6 nitrogen and oxygen atoms in total. The summed E-state index contributed by atoms with van der Waals surface area (Å²) in [5.41, 5.74) is 0.283. The van der Waals surface area contributed by atoms with E-state index in [9.17, 15) is 13.2 Å². The molecule has 7 heteroatoms. The van der Waals surface area contributed by atoms with Crippen LogP contribution in [0.1, 0.15) is 43.0 Å². The molecular weight excluding hydrogens is 316 g/mol. The third-order valence-electron chi connectivity index (χ3n) is 4.36. The highest BCUT2D eigenvalue weighted by Crippen LogP contribution is 2.29. The molecule has 0 spiro atoms. The molecule has 0 heterocycles. The van der Waals surface area contributed by atoms with Crippen molar-refractivity contribution in [1.82, 2.24) is 10.0 Å². The third-order valence-corrected chi connectivity index (χ3v) is 5.87. The first kappa shape index (κ1) is 17.7. The SMILES string of the molecule is CNC(=O)c1ccc(OC)c(S(=O)(=O)N[C@H]2CCCC[C@@H]2C)c1. The zero-order valence-electron chi connectivity index (χ0n) is 13.8. The van der Waals surface area contributed by atoms with Crippen molar-refractivity contribution < 1.29 is 17.9 Å². The molecule has 1 aliphatic carbocycles. The minimum absolute atomic E-state index is 0.00104. The Hall–Kier alpha value is -1.60. The molecule has 0 unspecified atom stereocenters. The summed E-state index contributed by atoms with van der Waals surface area (Å²) in [6.07, 6.45) is 4.00. The van der Waals surface area contributed by atoms with Crippen molar-refractivity contribution in [1.29, 1.82) is 0 Å². The highest BCUT2D eigenvalue weighted by atomic mass is 32.2. The maximum atomic E-state index is 12.8. The van der Waals surface area contributed by atoms with Gasteiger partial charge < -0.3 is 10.1 Å². The van der Waals surface area contributed by atoms with Gasteiger partial charge >= 0.3 is 0 Å². The summed E-state index contributed by atoms with van der Waals surface area (Å²) in [5, 5.41) is 2.49. The fraction of sp³-hybridized carbons (Fsp3) is 0.562. The van der Waals surface area contributed by atoms with Gasteiger partial charge in [-0.25, -0.2) is 13.1 Å². The Morgan fingerprint density at radius 1 is 1.26 bits per heavy atom. The number of sulfonamides is 1. The van der Waals surface area contributed by atoms with Gasteiger partial charge in [-0.1, -0.05) is 19.8 Å². The molecule has 1 aliphatic rings. The van der Waals surface area contributed by atoms with Gasteiger partial charge in [0.2, 0.25) is 10.0 Å². The van der Waals surface area contributed by atoms with Crippen LogP contribution in [0, 0.1) is 5.92 Å². The Bertz CT molecular complexity index is 673. The van der Waals surface area contributed by atoms with Crippen LogP contribution in [-0.4, -0.2) is 34.5 Å². The van der Waals surface area contributed by atoms with Crippen molar-refractivity contribution in [2.45, 2.75) is 43.5 Å².